The van der Waals surface area contributed by atoms with Gasteiger partial charge in [0.15, 0.2) is 0 Å². The van der Waals surface area contributed by atoms with Gasteiger partial charge in [0, 0.05) is 5.70 Å². The van der Waals surface area contributed by atoms with Crippen molar-refractivity contribution in [2.75, 3.05) is 7.11 Å². The molecule has 1 atom stereocenters. The Bertz CT molecular complexity index is 920. The number of esters is 2. The molecule has 2 amide bonds. The molecule has 7 heteroatoms. The lowest BCUT2D eigenvalue weighted by atomic mass is 9.95. The van der Waals surface area contributed by atoms with Gasteiger partial charge in [-0.3, -0.25) is 0 Å². The standard InChI is InChI=1S/C21H20N2O5/c1-13-17(20(25)28-12-14-6-4-3-5-7-14)18(23-21(26)22-13)15-8-10-16(11-9-15)19(24)27-2/h3-11,18H,12H2,1-2H3,(H2,22,23,26)/t18-/m0/s1. The van der Waals surface area contributed by atoms with Gasteiger partial charge in [-0.25, -0.2) is 14.4 Å². The molecule has 0 saturated heterocycles. The van der Waals surface area contributed by atoms with E-state index < -0.39 is 24.0 Å². The van der Waals surface area contributed by atoms with Crippen molar-refractivity contribution in [3.05, 3.63) is 82.6 Å². The summed E-state index contributed by atoms with van der Waals surface area (Å²) in [7, 11) is 1.30. The molecular weight excluding hydrogens is 360 g/mol. The van der Waals surface area contributed by atoms with E-state index >= 15 is 0 Å². The van der Waals surface area contributed by atoms with Crippen molar-refractivity contribution in [2.24, 2.45) is 0 Å². The van der Waals surface area contributed by atoms with Gasteiger partial charge in [0.1, 0.15) is 6.61 Å². The number of ether oxygens (including phenoxy) is 2. The van der Waals surface area contributed by atoms with Gasteiger partial charge in [-0.2, -0.15) is 0 Å². The fraction of sp³-hybridized carbons (Fsp3) is 0.190. The Morgan fingerprint density at radius 1 is 1.00 bits per heavy atom. The summed E-state index contributed by atoms with van der Waals surface area (Å²) in [5.41, 5.74) is 2.61. The van der Waals surface area contributed by atoms with E-state index in [9.17, 15) is 14.4 Å². The van der Waals surface area contributed by atoms with Gasteiger partial charge < -0.3 is 20.1 Å². The second kappa shape index (κ2) is 8.39. The first-order chi connectivity index (χ1) is 13.5. The summed E-state index contributed by atoms with van der Waals surface area (Å²) in [4.78, 5) is 36.3. The quantitative estimate of drug-likeness (QED) is 0.778. The van der Waals surface area contributed by atoms with Crippen molar-refractivity contribution in [3.63, 3.8) is 0 Å². The fourth-order valence-electron chi connectivity index (χ4n) is 2.94. The van der Waals surface area contributed by atoms with Crippen LogP contribution in [0.3, 0.4) is 0 Å². The molecule has 0 fully saturated rings. The third-order valence-electron chi connectivity index (χ3n) is 4.37. The average molecular weight is 380 g/mol. The number of hydrogen-bond acceptors (Lipinski definition) is 5. The molecule has 2 aromatic carbocycles. The number of amides is 2. The lowest BCUT2D eigenvalue weighted by Gasteiger charge is -2.28. The highest BCUT2D eigenvalue weighted by Gasteiger charge is 2.32. The summed E-state index contributed by atoms with van der Waals surface area (Å²) in [6, 6.07) is 14.7. The van der Waals surface area contributed by atoms with Crippen LogP contribution in [0.15, 0.2) is 65.9 Å². The molecule has 0 unspecified atom stereocenters. The number of carbonyl (C=O) groups is 3. The first-order valence-corrected chi connectivity index (χ1v) is 8.67. The molecule has 0 aliphatic carbocycles. The van der Waals surface area contributed by atoms with Gasteiger partial charge in [-0.15, -0.1) is 0 Å². The third-order valence-corrected chi connectivity index (χ3v) is 4.37. The summed E-state index contributed by atoms with van der Waals surface area (Å²) in [5, 5.41) is 5.33. The highest BCUT2D eigenvalue weighted by atomic mass is 16.5. The molecule has 28 heavy (non-hydrogen) atoms. The molecule has 144 valence electrons. The van der Waals surface area contributed by atoms with Crippen molar-refractivity contribution in [3.8, 4) is 0 Å². The van der Waals surface area contributed by atoms with E-state index in [4.69, 9.17) is 4.74 Å². The van der Waals surface area contributed by atoms with E-state index in [-0.39, 0.29) is 6.61 Å². The molecule has 1 heterocycles. The minimum absolute atomic E-state index is 0.123. The number of hydrogen-bond donors (Lipinski definition) is 2. The fourth-order valence-corrected chi connectivity index (χ4v) is 2.94. The summed E-state index contributed by atoms with van der Waals surface area (Å²) >= 11 is 0. The molecule has 2 N–H and O–H groups in total. The number of allylic oxidation sites excluding steroid dienone is 1. The van der Waals surface area contributed by atoms with Crippen molar-refractivity contribution >= 4 is 18.0 Å². The van der Waals surface area contributed by atoms with Crippen molar-refractivity contribution in [2.45, 2.75) is 19.6 Å². The average Bonchev–Trinajstić information content (AvgIpc) is 2.71. The van der Waals surface area contributed by atoms with Crippen molar-refractivity contribution in [1.82, 2.24) is 10.6 Å². The molecule has 0 aromatic heterocycles. The van der Waals surface area contributed by atoms with E-state index in [2.05, 4.69) is 15.4 Å². The molecule has 7 nitrogen and oxygen atoms in total. The predicted molar refractivity (Wildman–Crippen MR) is 101 cm³/mol. The zero-order valence-corrected chi connectivity index (χ0v) is 15.5. The lowest BCUT2D eigenvalue weighted by Crippen LogP contribution is -2.45. The minimum atomic E-state index is -0.691. The molecular formula is C21H20N2O5. The van der Waals surface area contributed by atoms with Crippen LogP contribution in [0.5, 0.6) is 0 Å². The van der Waals surface area contributed by atoms with Crippen LogP contribution in [0.2, 0.25) is 0 Å². The van der Waals surface area contributed by atoms with Crippen LogP contribution in [-0.2, 0) is 20.9 Å². The molecule has 3 rings (SSSR count). The largest absolute Gasteiger partial charge is 0.465 e. The Morgan fingerprint density at radius 3 is 2.32 bits per heavy atom. The Kier molecular flexibility index (Phi) is 5.74. The van der Waals surface area contributed by atoms with E-state index in [0.29, 0.717) is 22.4 Å². The van der Waals surface area contributed by atoms with Crippen LogP contribution >= 0.6 is 0 Å². The zero-order valence-electron chi connectivity index (χ0n) is 15.5. The Morgan fingerprint density at radius 2 is 1.68 bits per heavy atom. The van der Waals surface area contributed by atoms with Crippen LogP contribution in [0.1, 0.15) is 34.5 Å². The molecule has 0 saturated carbocycles. The van der Waals surface area contributed by atoms with E-state index in [1.807, 2.05) is 30.3 Å². The van der Waals surface area contributed by atoms with Gasteiger partial charge in [0.25, 0.3) is 0 Å². The van der Waals surface area contributed by atoms with Gasteiger partial charge in [0.2, 0.25) is 0 Å². The maximum atomic E-state index is 12.7. The lowest BCUT2D eigenvalue weighted by molar-refractivity contribution is -0.140. The topological polar surface area (TPSA) is 93.7 Å². The summed E-state index contributed by atoms with van der Waals surface area (Å²) in [6.07, 6.45) is 0. The van der Waals surface area contributed by atoms with E-state index in [0.717, 1.165) is 5.56 Å². The van der Waals surface area contributed by atoms with Crippen molar-refractivity contribution < 1.29 is 23.9 Å². The molecule has 0 bridgehead atoms. The van der Waals surface area contributed by atoms with E-state index in [1.165, 1.54) is 7.11 Å². The zero-order chi connectivity index (χ0) is 20.1. The predicted octanol–water partition coefficient (Wildman–Crippen LogP) is 2.84. The molecule has 2 aromatic rings. The maximum Gasteiger partial charge on any atom is 0.338 e. The van der Waals surface area contributed by atoms with Crippen LogP contribution in [0.25, 0.3) is 0 Å². The van der Waals surface area contributed by atoms with E-state index in [1.54, 1.807) is 31.2 Å². The monoisotopic (exact) mass is 380 g/mol. The smallest absolute Gasteiger partial charge is 0.338 e. The van der Waals surface area contributed by atoms with Gasteiger partial charge in [-0.1, -0.05) is 42.5 Å². The number of nitrogens with one attached hydrogen (secondary N) is 2. The molecule has 1 aliphatic rings. The van der Waals surface area contributed by atoms with Crippen LogP contribution in [0, 0.1) is 0 Å². The second-order valence-corrected chi connectivity index (χ2v) is 6.25. The Labute approximate surface area is 162 Å². The molecule has 0 radical (unpaired) electrons. The first kappa shape index (κ1) is 19.2. The van der Waals surface area contributed by atoms with Gasteiger partial charge >= 0.3 is 18.0 Å². The number of rotatable bonds is 5. The highest BCUT2D eigenvalue weighted by molar-refractivity contribution is 5.95. The number of methoxy groups -OCH3 is 1. The minimum Gasteiger partial charge on any atom is -0.465 e. The van der Waals surface area contributed by atoms with Crippen LogP contribution in [-0.4, -0.2) is 25.1 Å². The highest BCUT2D eigenvalue weighted by Crippen LogP contribution is 2.28. The van der Waals surface area contributed by atoms with Crippen LogP contribution < -0.4 is 10.6 Å². The summed E-state index contributed by atoms with van der Waals surface area (Å²) in [6.45, 7) is 1.77. The van der Waals surface area contributed by atoms with Crippen molar-refractivity contribution in [1.29, 1.82) is 0 Å². The normalized spacial score (nSPS) is 16.1. The van der Waals surface area contributed by atoms with Crippen LogP contribution in [0.4, 0.5) is 4.79 Å². The Hall–Kier alpha value is -3.61. The van der Waals surface area contributed by atoms with Gasteiger partial charge in [-0.05, 0) is 30.2 Å². The maximum absolute atomic E-state index is 12.7. The summed E-state index contributed by atoms with van der Waals surface area (Å²) in [5.74, 6) is -0.994. The number of benzene rings is 2. The third kappa shape index (κ3) is 4.20. The molecule has 0 spiro atoms. The Balaban J connectivity index is 1.84. The van der Waals surface area contributed by atoms with Gasteiger partial charge in [0.05, 0.1) is 24.3 Å². The number of carbonyl (C=O) groups excluding carboxylic acids is 3. The number of urea groups is 1. The second-order valence-electron chi connectivity index (χ2n) is 6.25. The first-order valence-electron chi connectivity index (χ1n) is 8.67. The summed E-state index contributed by atoms with van der Waals surface area (Å²) < 4.78 is 10.1. The molecule has 1 aliphatic heterocycles. The SMILES string of the molecule is COC(=O)c1ccc([C@@H]2NC(=O)NC(C)=C2C(=O)OCc2ccccc2)cc1.